The van der Waals surface area contributed by atoms with Crippen LogP contribution in [-0.2, 0) is 0 Å². The number of anilines is 1. The average Bonchev–Trinajstić information content (AvgIpc) is 2.86. The van der Waals surface area contributed by atoms with Crippen molar-refractivity contribution in [3.63, 3.8) is 0 Å². The Balaban J connectivity index is 1.89. The van der Waals surface area contributed by atoms with E-state index in [0.717, 1.165) is 36.0 Å². The van der Waals surface area contributed by atoms with Gasteiger partial charge < -0.3 is 21.1 Å². The summed E-state index contributed by atoms with van der Waals surface area (Å²) in [5.74, 6) is 0.629. The van der Waals surface area contributed by atoms with Gasteiger partial charge in [-0.3, -0.25) is 4.79 Å². The molecule has 1 aliphatic heterocycles. The van der Waals surface area contributed by atoms with Gasteiger partial charge in [-0.05, 0) is 38.1 Å². The van der Waals surface area contributed by atoms with Gasteiger partial charge in [-0.15, -0.1) is 11.3 Å². The number of hydrogen-bond donors (Lipinski definition) is 3. The molecule has 0 bridgehead atoms. The molecule has 0 spiro atoms. The van der Waals surface area contributed by atoms with E-state index < -0.39 is 0 Å². The first kappa shape index (κ1) is 14.2. The molecule has 6 heteroatoms. The smallest absolute Gasteiger partial charge is 0.263 e. The first-order valence-corrected chi connectivity index (χ1v) is 7.89. The lowest BCUT2D eigenvalue weighted by Crippen LogP contribution is -2.42. The fraction of sp³-hybridized carbons (Fsp3) is 0.400. The molecule has 0 unspecified atom stereocenters. The van der Waals surface area contributed by atoms with E-state index in [1.165, 1.54) is 11.3 Å². The number of amides is 1. The molecule has 0 atom stereocenters. The lowest BCUT2D eigenvalue weighted by atomic mass is 10.1. The maximum Gasteiger partial charge on any atom is 0.263 e. The molecule has 112 valence electrons. The summed E-state index contributed by atoms with van der Waals surface area (Å²) < 4.78 is 6.31. The molecular formula is C15H19N3O2S. The highest BCUT2D eigenvalue weighted by atomic mass is 32.1. The molecule has 0 saturated carbocycles. The largest absolute Gasteiger partial charge is 0.496 e. The summed E-state index contributed by atoms with van der Waals surface area (Å²) in [4.78, 5) is 13.0. The van der Waals surface area contributed by atoms with E-state index in [1.54, 1.807) is 7.11 Å². The van der Waals surface area contributed by atoms with Gasteiger partial charge in [-0.25, -0.2) is 0 Å². The first-order valence-electron chi connectivity index (χ1n) is 7.07. The predicted octanol–water partition coefficient (Wildman–Crippen LogP) is 1.97. The van der Waals surface area contributed by atoms with Gasteiger partial charge in [0.05, 0.1) is 18.2 Å². The quantitative estimate of drug-likeness (QED) is 0.810. The molecule has 1 saturated heterocycles. The number of nitrogens with two attached hydrogens (primary N) is 1. The van der Waals surface area contributed by atoms with Gasteiger partial charge in [0.2, 0.25) is 0 Å². The molecule has 1 fully saturated rings. The van der Waals surface area contributed by atoms with E-state index in [9.17, 15) is 4.79 Å². The number of methoxy groups -OCH3 is 1. The summed E-state index contributed by atoms with van der Waals surface area (Å²) in [6.07, 6.45) is 1.92. The summed E-state index contributed by atoms with van der Waals surface area (Å²) in [5.41, 5.74) is 6.69. The minimum Gasteiger partial charge on any atom is -0.496 e. The minimum atomic E-state index is -0.0809. The van der Waals surface area contributed by atoms with Crippen LogP contribution >= 0.6 is 11.3 Å². The lowest BCUT2D eigenvalue weighted by molar-refractivity contribution is 0.0934. The van der Waals surface area contributed by atoms with Crippen molar-refractivity contribution in [3.8, 4) is 5.75 Å². The number of rotatable bonds is 3. The molecule has 5 nitrogen and oxygen atoms in total. The van der Waals surface area contributed by atoms with E-state index in [1.807, 2.05) is 18.2 Å². The summed E-state index contributed by atoms with van der Waals surface area (Å²) in [5, 5.41) is 7.20. The first-order chi connectivity index (χ1) is 10.2. The zero-order valence-corrected chi connectivity index (χ0v) is 12.8. The van der Waals surface area contributed by atoms with Crippen LogP contribution in [0, 0.1) is 0 Å². The summed E-state index contributed by atoms with van der Waals surface area (Å²) in [6, 6.07) is 5.95. The number of piperidine rings is 1. The molecule has 1 amide bonds. The predicted molar refractivity (Wildman–Crippen MR) is 86.1 cm³/mol. The fourth-order valence-corrected chi connectivity index (χ4v) is 3.74. The number of thiophene rings is 1. The van der Waals surface area contributed by atoms with Crippen molar-refractivity contribution in [3.05, 3.63) is 23.1 Å². The maximum absolute atomic E-state index is 12.5. The molecule has 0 aliphatic carbocycles. The second-order valence-electron chi connectivity index (χ2n) is 5.18. The number of carbonyl (C=O) groups is 1. The third kappa shape index (κ3) is 2.69. The molecule has 2 heterocycles. The van der Waals surface area contributed by atoms with Gasteiger partial charge in [0, 0.05) is 10.7 Å². The standard InChI is InChI=1S/C15H19N3O2S/c1-20-10-3-2-4-11-12(10)13(16)14(21-11)15(19)18-9-5-7-17-8-6-9/h2-4,9,17H,5-8,16H2,1H3,(H,18,19). The SMILES string of the molecule is COc1cccc2sc(C(=O)NC3CCNCC3)c(N)c12. The number of fused-ring (bicyclic) bond motifs is 1. The van der Waals surface area contributed by atoms with Crippen LogP contribution in [0.2, 0.25) is 0 Å². The molecule has 4 N–H and O–H groups in total. The van der Waals surface area contributed by atoms with Crippen molar-refractivity contribution in [1.82, 2.24) is 10.6 Å². The van der Waals surface area contributed by atoms with Crippen molar-refractivity contribution in [2.24, 2.45) is 0 Å². The van der Waals surface area contributed by atoms with Crippen LogP contribution in [0.5, 0.6) is 5.75 Å². The molecule has 1 aromatic carbocycles. The van der Waals surface area contributed by atoms with E-state index in [0.29, 0.717) is 16.3 Å². The van der Waals surface area contributed by atoms with E-state index in [2.05, 4.69) is 10.6 Å². The van der Waals surface area contributed by atoms with Crippen molar-refractivity contribution in [1.29, 1.82) is 0 Å². The second-order valence-corrected chi connectivity index (χ2v) is 6.23. The average molecular weight is 305 g/mol. The van der Waals surface area contributed by atoms with E-state index >= 15 is 0 Å². The highest BCUT2D eigenvalue weighted by molar-refractivity contribution is 7.21. The Labute approximate surface area is 127 Å². The van der Waals surface area contributed by atoms with E-state index in [4.69, 9.17) is 10.5 Å². The minimum absolute atomic E-state index is 0.0809. The molecule has 1 aromatic heterocycles. The van der Waals surface area contributed by atoms with Crippen LogP contribution < -0.4 is 21.1 Å². The summed E-state index contributed by atoms with van der Waals surface area (Å²) in [6.45, 7) is 1.89. The number of ether oxygens (including phenoxy) is 1. The molecule has 0 radical (unpaired) electrons. The van der Waals surface area contributed by atoms with Crippen molar-refractivity contribution >= 4 is 33.0 Å². The van der Waals surface area contributed by atoms with Crippen molar-refractivity contribution in [2.75, 3.05) is 25.9 Å². The van der Waals surface area contributed by atoms with Crippen LogP contribution in [0.1, 0.15) is 22.5 Å². The zero-order chi connectivity index (χ0) is 14.8. The Morgan fingerprint density at radius 2 is 2.19 bits per heavy atom. The topological polar surface area (TPSA) is 76.4 Å². The normalized spacial score (nSPS) is 16.0. The number of carbonyl (C=O) groups excluding carboxylic acids is 1. The fourth-order valence-electron chi connectivity index (χ4n) is 2.70. The number of benzene rings is 1. The molecule has 3 rings (SSSR count). The molecule has 21 heavy (non-hydrogen) atoms. The van der Waals surface area contributed by atoms with Gasteiger partial charge in [-0.1, -0.05) is 6.07 Å². The Morgan fingerprint density at radius 3 is 2.90 bits per heavy atom. The van der Waals surface area contributed by atoms with Crippen LogP contribution in [-0.4, -0.2) is 32.1 Å². The Hall–Kier alpha value is -1.79. The van der Waals surface area contributed by atoms with Gasteiger partial charge in [0.15, 0.2) is 0 Å². The Kier molecular flexibility index (Phi) is 3.98. The number of nitrogen functional groups attached to an aromatic ring is 1. The second kappa shape index (κ2) is 5.91. The van der Waals surface area contributed by atoms with Crippen LogP contribution in [0.4, 0.5) is 5.69 Å². The van der Waals surface area contributed by atoms with Crippen molar-refractivity contribution < 1.29 is 9.53 Å². The van der Waals surface area contributed by atoms with Crippen LogP contribution in [0.3, 0.4) is 0 Å². The molecule has 2 aromatic rings. The summed E-state index contributed by atoms with van der Waals surface area (Å²) >= 11 is 1.42. The molecular weight excluding hydrogens is 286 g/mol. The van der Waals surface area contributed by atoms with E-state index in [-0.39, 0.29) is 11.9 Å². The van der Waals surface area contributed by atoms with Gasteiger partial charge >= 0.3 is 0 Å². The monoisotopic (exact) mass is 305 g/mol. The van der Waals surface area contributed by atoms with Gasteiger partial charge in [0.1, 0.15) is 10.6 Å². The third-order valence-corrected chi connectivity index (χ3v) is 4.98. The Morgan fingerprint density at radius 1 is 1.43 bits per heavy atom. The third-order valence-electron chi connectivity index (χ3n) is 3.81. The zero-order valence-electron chi connectivity index (χ0n) is 11.9. The highest BCUT2D eigenvalue weighted by Crippen LogP contribution is 2.39. The van der Waals surface area contributed by atoms with Crippen LogP contribution in [0.25, 0.3) is 10.1 Å². The van der Waals surface area contributed by atoms with Gasteiger partial charge in [0.25, 0.3) is 5.91 Å². The number of hydrogen-bond acceptors (Lipinski definition) is 5. The summed E-state index contributed by atoms with van der Waals surface area (Å²) in [7, 11) is 1.61. The van der Waals surface area contributed by atoms with Crippen LogP contribution in [0.15, 0.2) is 18.2 Å². The molecule has 1 aliphatic rings. The Bertz CT molecular complexity index is 662. The maximum atomic E-state index is 12.5. The lowest BCUT2D eigenvalue weighted by Gasteiger charge is -2.23. The highest BCUT2D eigenvalue weighted by Gasteiger charge is 2.22. The van der Waals surface area contributed by atoms with Crippen molar-refractivity contribution in [2.45, 2.75) is 18.9 Å². The van der Waals surface area contributed by atoms with Gasteiger partial charge in [-0.2, -0.15) is 0 Å². The number of nitrogens with one attached hydrogen (secondary N) is 2.